The molecule has 1 aromatic carbocycles. The smallest absolute Gasteiger partial charge is 0.316 e. The van der Waals surface area contributed by atoms with Gasteiger partial charge < -0.3 is 14.2 Å². The van der Waals surface area contributed by atoms with Crippen molar-refractivity contribution in [1.29, 1.82) is 0 Å². The largest absolute Gasteiger partial charge is 0.497 e. The molecule has 0 aliphatic rings. The summed E-state index contributed by atoms with van der Waals surface area (Å²) in [6, 6.07) is 7.64. The van der Waals surface area contributed by atoms with E-state index in [1.54, 1.807) is 26.5 Å². The summed E-state index contributed by atoms with van der Waals surface area (Å²) in [4.78, 5) is 8.25. The van der Waals surface area contributed by atoms with Gasteiger partial charge in [-0.3, -0.25) is 0 Å². The Bertz CT molecular complexity index is 544. The normalized spacial score (nSPS) is 9.94. The van der Waals surface area contributed by atoms with Gasteiger partial charge >= 0.3 is 6.01 Å². The van der Waals surface area contributed by atoms with Crippen molar-refractivity contribution in [3.8, 4) is 28.8 Å². The molecule has 0 saturated heterocycles. The Balaban J connectivity index is 2.53. The number of aromatic nitrogens is 2. The maximum Gasteiger partial charge on any atom is 0.316 e. The molecule has 5 nitrogen and oxygen atoms in total. The van der Waals surface area contributed by atoms with E-state index in [1.165, 1.54) is 7.11 Å². The molecular weight excluding hydrogens is 232 g/mol. The van der Waals surface area contributed by atoms with Crippen molar-refractivity contribution in [1.82, 2.24) is 9.97 Å². The quantitative estimate of drug-likeness (QED) is 0.827. The molecule has 0 aliphatic carbocycles. The van der Waals surface area contributed by atoms with Crippen molar-refractivity contribution in [2.45, 2.75) is 0 Å². The third-order valence-electron chi connectivity index (χ3n) is 2.50. The van der Waals surface area contributed by atoms with E-state index in [0.717, 1.165) is 22.8 Å². The van der Waals surface area contributed by atoms with Gasteiger partial charge in [0.05, 0.1) is 27.0 Å². The zero-order valence-corrected chi connectivity index (χ0v) is 10.5. The molecule has 0 atom stereocenters. The van der Waals surface area contributed by atoms with E-state index in [0.29, 0.717) is 6.01 Å². The first-order valence-electron chi connectivity index (χ1n) is 5.38. The van der Waals surface area contributed by atoms with Crippen LogP contribution in [-0.4, -0.2) is 31.3 Å². The minimum absolute atomic E-state index is 0.317. The number of rotatable bonds is 4. The molecule has 0 aliphatic heterocycles. The van der Waals surface area contributed by atoms with Gasteiger partial charge in [-0.25, -0.2) is 4.98 Å². The Kier molecular flexibility index (Phi) is 3.62. The fourth-order valence-electron chi connectivity index (χ4n) is 1.60. The molecule has 1 aromatic heterocycles. The highest BCUT2D eigenvalue weighted by molar-refractivity contribution is 5.69. The Morgan fingerprint density at radius 1 is 0.944 bits per heavy atom. The van der Waals surface area contributed by atoms with Gasteiger partial charge in [0.25, 0.3) is 0 Å². The lowest BCUT2D eigenvalue weighted by atomic mass is 10.1. The first kappa shape index (κ1) is 12.2. The van der Waals surface area contributed by atoms with Crippen molar-refractivity contribution in [3.63, 3.8) is 0 Å². The Hall–Kier alpha value is -2.30. The second-order valence-corrected chi connectivity index (χ2v) is 3.49. The van der Waals surface area contributed by atoms with Crippen LogP contribution in [0.25, 0.3) is 11.3 Å². The lowest BCUT2D eigenvalue weighted by Gasteiger charge is -2.10. The maximum atomic E-state index is 5.32. The number of hydrogen-bond acceptors (Lipinski definition) is 5. The zero-order valence-electron chi connectivity index (χ0n) is 10.5. The summed E-state index contributed by atoms with van der Waals surface area (Å²) in [6.07, 6.45) is 1.64. The number of ether oxygens (including phenoxy) is 3. The van der Waals surface area contributed by atoms with E-state index in [2.05, 4.69) is 9.97 Å². The molecule has 0 saturated carbocycles. The monoisotopic (exact) mass is 246 g/mol. The molecular formula is C13H14N2O3. The van der Waals surface area contributed by atoms with Crippen LogP contribution in [0.4, 0.5) is 0 Å². The first-order valence-corrected chi connectivity index (χ1v) is 5.38. The average Bonchev–Trinajstić information content (AvgIpc) is 2.46. The van der Waals surface area contributed by atoms with Crippen LogP contribution < -0.4 is 14.2 Å². The summed E-state index contributed by atoms with van der Waals surface area (Å²) < 4.78 is 15.5. The molecule has 0 amide bonds. The van der Waals surface area contributed by atoms with Gasteiger partial charge in [0.15, 0.2) is 0 Å². The van der Waals surface area contributed by atoms with Gasteiger partial charge in [-0.2, -0.15) is 4.98 Å². The van der Waals surface area contributed by atoms with E-state index in [4.69, 9.17) is 14.2 Å². The number of nitrogens with zero attached hydrogens (tertiary/aromatic N) is 2. The molecule has 1 heterocycles. The topological polar surface area (TPSA) is 53.5 Å². The van der Waals surface area contributed by atoms with Crippen LogP contribution in [-0.2, 0) is 0 Å². The highest BCUT2D eigenvalue weighted by atomic mass is 16.5. The molecule has 2 rings (SSSR count). The molecule has 5 heteroatoms. The van der Waals surface area contributed by atoms with Crippen molar-refractivity contribution in [2.75, 3.05) is 21.3 Å². The van der Waals surface area contributed by atoms with Gasteiger partial charge in [-0.15, -0.1) is 0 Å². The van der Waals surface area contributed by atoms with Crippen LogP contribution in [0.15, 0.2) is 30.5 Å². The van der Waals surface area contributed by atoms with Crippen LogP contribution >= 0.6 is 0 Å². The highest BCUT2D eigenvalue weighted by Gasteiger charge is 2.10. The molecule has 94 valence electrons. The maximum absolute atomic E-state index is 5.32. The van der Waals surface area contributed by atoms with Crippen LogP contribution in [0.5, 0.6) is 17.5 Å². The molecule has 0 radical (unpaired) electrons. The SMILES string of the molecule is COc1ccc(OC)c(-c2ccnc(OC)n2)c1. The molecule has 18 heavy (non-hydrogen) atoms. The van der Waals surface area contributed by atoms with Gasteiger partial charge in [0, 0.05) is 11.8 Å². The van der Waals surface area contributed by atoms with Crippen molar-refractivity contribution in [2.24, 2.45) is 0 Å². The Morgan fingerprint density at radius 3 is 2.44 bits per heavy atom. The predicted molar refractivity (Wildman–Crippen MR) is 67.1 cm³/mol. The van der Waals surface area contributed by atoms with Gasteiger partial charge in [-0.05, 0) is 24.3 Å². The molecule has 2 aromatic rings. The van der Waals surface area contributed by atoms with E-state index < -0.39 is 0 Å². The third kappa shape index (κ3) is 2.34. The lowest BCUT2D eigenvalue weighted by Crippen LogP contribution is -1.95. The van der Waals surface area contributed by atoms with E-state index >= 15 is 0 Å². The molecule has 0 unspecified atom stereocenters. The number of hydrogen-bond donors (Lipinski definition) is 0. The summed E-state index contributed by atoms with van der Waals surface area (Å²) in [6.45, 7) is 0. The van der Waals surface area contributed by atoms with E-state index in [9.17, 15) is 0 Å². The summed E-state index contributed by atoms with van der Waals surface area (Å²) in [5.41, 5.74) is 1.55. The molecule has 0 bridgehead atoms. The van der Waals surface area contributed by atoms with Crippen LogP contribution in [0.3, 0.4) is 0 Å². The lowest BCUT2D eigenvalue weighted by molar-refractivity contribution is 0.380. The third-order valence-corrected chi connectivity index (χ3v) is 2.50. The van der Waals surface area contributed by atoms with Gasteiger partial charge in [-0.1, -0.05) is 0 Å². The second kappa shape index (κ2) is 5.35. The predicted octanol–water partition coefficient (Wildman–Crippen LogP) is 2.17. The standard InChI is InChI=1S/C13H14N2O3/c1-16-9-4-5-12(17-2)10(8-9)11-6-7-14-13(15-11)18-3/h4-8H,1-3H3. The molecule has 0 spiro atoms. The first-order chi connectivity index (χ1) is 8.78. The van der Waals surface area contributed by atoms with Gasteiger partial charge in [0.1, 0.15) is 11.5 Å². The summed E-state index contributed by atoms with van der Waals surface area (Å²) >= 11 is 0. The molecule has 0 fully saturated rings. The number of methoxy groups -OCH3 is 3. The minimum Gasteiger partial charge on any atom is -0.497 e. The minimum atomic E-state index is 0.317. The van der Waals surface area contributed by atoms with Gasteiger partial charge in [0.2, 0.25) is 0 Å². The van der Waals surface area contributed by atoms with Crippen molar-refractivity contribution >= 4 is 0 Å². The van der Waals surface area contributed by atoms with E-state index in [1.807, 2.05) is 18.2 Å². The molecule has 0 N–H and O–H groups in total. The van der Waals surface area contributed by atoms with Crippen molar-refractivity contribution in [3.05, 3.63) is 30.5 Å². The fourth-order valence-corrected chi connectivity index (χ4v) is 1.60. The Labute approximate surface area is 105 Å². The van der Waals surface area contributed by atoms with Crippen LogP contribution in [0.1, 0.15) is 0 Å². The average molecular weight is 246 g/mol. The van der Waals surface area contributed by atoms with E-state index in [-0.39, 0.29) is 0 Å². The van der Waals surface area contributed by atoms with Crippen molar-refractivity contribution < 1.29 is 14.2 Å². The summed E-state index contributed by atoms with van der Waals surface area (Å²) in [5.74, 6) is 1.46. The van der Waals surface area contributed by atoms with Crippen LogP contribution in [0.2, 0.25) is 0 Å². The number of benzene rings is 1. The Morgan fingerprint density at radius 2 is 1.78 bits per heavy atom. The zero-order chi connectivity index (χ0) is 13.0. The van der Waals surface area contributed by atoms with Crippen LogP contribution in [0, 0.1) is 0 Å². The second-order valence-electron chi connectivity index (χ2n) is 3.49. The summed E-state index contributed by atoms with van der Waals surface area (Å²) in [7, 11) is 4.76. The summed E-state index contributed by atoms with van der Waals surface area (Å²) in [5, 5.41) is 0. The highest BCUT2D eigenvalue weighted by Crippen LogP contribution is 2.32. The fraction of sp³-hybridized carbons (Fsp3) is 0.231.